The van der Waals surface area contributed by atoms with E-state index < -0.39 is 0 Å². The highest BCUT2D eigenvalue weighted by Crippen LogP contribution is 2.38. The van der Waals surface area contributed by atoms with Gasteiger partial charge in [0.05, 0.1) is 17.3 Å². The molecule has 5 heteroatoms. The summed E-state index contributed by atoms with van der Waals surface area (Å²) in [6.07, 6.45) is 10.3. The molecule has 0 amide bonds. The van der Waals surface area contributed by atoms with Gasteiger partial charge < -0.3 is 9.73 Å². The number of hydrogen-bond acceptors (Lipinski definition) is 5. The molecule has 5 nitrogen and oxygen atoms in total. The molecule has 184 valence electrons. The van der Waals surface area contributed by atoms with Crippen molar-refractivity contribution in [2.24, 2.45) is 4.99 Å². The van der Waals surface area contributed by atoms with Gasteiger partial charge in [-0.15, -0.1) is 0 Å². The van der Waals surface area contributed by atoms with Gasteiger partial charge in [0.25, 0.3) is 0 Å². The number of pyridine rings is 1. The maximum absolute atomic E-state index is 6.21. The minimum atomic E-state index is 0.152. The summed E-state index contributed by atoms with van der Waals surface area (Å²) >= 11 is 0. The fourth-order valence-electron chi connectivity index (χ4n) is 5.43. The average Bonchev–Trinajstić information content (AvgIpc) is 3.46. The Morgan fingerprint density at radius 2 is 1.51 bits per heavy atom. The molecule has 39 heavy (non-hydrogen) atoms. The first kappa shape index (κ1) is 21.8. The molecule has 0 saturated carbocycles. The molecule has 0 bridgehead atoms. The summed E-state index contributed by atoms with van der Waals surface area (Å²) < 4.78 is 6.21. The van der Waals surface area contributed by atoms with Gasteiger partial charge in [-0.2, -0.15) is 0 Å². The molecule has 1 aliphatic carbocycles. The summed E-state index contributed by atoms with van der Waals surface area (Å²) in [5.74, 6) is 1.48. The normalized spacial score (nSPS) is 16.3. The van der Waals surface area contributed by atoms with Crippen LogP contribution in [0.3, 0.4) is 0 Å². The van der Waals surface area contributed by atoms with Crippen LogP contribution < -0.4 is 5.32 Å². The number of amidine groups is 1. The van der Waals surface area contributed by atoms with Gasteiger partial charge in [-0.1, -0.05) is 85.0 Å². The van der Waals surface area contributed by atoms with E-state index in [0.29, 0.717) is 5.89 Å². The Morgan fingerprint density at radius 3 is 2.41 bits per heavy atom. The van der Waals surface area contributed by atoms with Crippen molar-refractivity contribution in [3.8, 4) is 22.7 Å². The Balaban J connectivity index is 1.28. The van der Waals surface area contributed by atoms with Crippen LogP contribution in [0.2, 0.25) is 0 Å². The Hall–Kier alpha value is -5.29. The van der Waals surface area contributed by atoms with E-state index in [0.717, 1.165) is 61.0 Å². The van der Waals surface area contributed by atoms with E-state index in [-0.39, 0.29) is 6.04 Å². The van der Waals surface area contributed by atoms with Gasteiger partial charge >= 0.3 is 0 Å². The van der Waals surface area contributed by atoms with Gasteiger partial charge in [-0.05, 0) is 35.9 Å². The van der Waals surface area contributed by atoms with Crippen LogP contribution in [-0.4, -0.2) is 21.8 Å². The summed E-state index contributed by atoms with van der Waals surface area (Å²) in [6.45, 7) is 0. The molecule has 0 fully saturated rings. The quantitative estimate of drug-likeness (QED) is 0.253. The maximum atomic E-state index is 6.21. The summed E-state index contributed by atoms with van der Waals surface area (Å²) in [7, 11) is 0. The van der Waals surface area contributed by atoms with Gasteiger partial charge in [0.15, 0.2) is 5.58 Å². The zero-order valence-corrected chi connectivity index (χ0v) is 20.9. The zero-order chi connectivity index (χ0) is 25.8. The largest absolute Gasteiger partial charge is 0.436 e. The van der Waals surface area contributed by atoms with E-state index in [1.54, 1.807) is 0 Å². The first-order chi connectivity index (χ1) is 19.3. The second-order valence-electron chi connectivity index (χ2n) is 9.75. The van der Waals surface area contributed by atoms with Crippen LogP contribution in [0.15, 0.2) is 136 Å². The van der Waals surface area contributed by atoms with Crippen LogP contribution in [0, 0.1) is 0 Å². The van der Waals surface area contributed by atoms with E-state index in [9.17, 15) is 0 Å². The molecule has 1 unspecified atom stereocenters. The molecule has 0 radical (unpaired) electrons. The molecule has 1 atom stereocenters. The molecule has 1 aliphatic heterocycles. The molecular weight excluding hydrogens is 480 g/mol. The first-order valence-corrected chi connectivity index (χ1v) is 13.0. The first-order valence-electron chi connectivity index (χ1n) is 13.0. The van der Waals surface area contributed by atoms with Crippen molar-refractivity contribution in [1.82, 2.24) is 15.3 Å². The van der Waals surface area contributed by atoms with Crippen molar-refractivity contribution in [2.45, 2.75) is 6.04 Å². The van der Waals surface area contributed by atoms with E-state index >= 15 is 0 Å². The lowest BCUT2D eigenvalue weighted by Crippen LogP contribution is -2.37. The molecule has 2 aliphatic rings. The van der Waals surface area contributed by atoms with Gasteiger partial charge in [-0.3, -0.25) is 0 Å². The average molecular weight is 503 g/mol. The van der Waals surface area contributed by atoms with Crippen molar-refractivity contribution in [3.05, 3.63) is 133 Å². The summed E-state index contributed by atoms with van der Waals surface area (Å²) in [4.78, 5) is 14.7. The second-order valence-corrected chi connectivity index (χ2v) is 9.75. The molecule has 8 rings (SSSR count). The molecular formula is C34H22N4O. The Bertz CT molecular complexity index is 2030. The number of aliphatic imine (C=N–C) groups is 1. The number of para-hydroxylation sites is 1. The number of nitrogens with zero attached hydrogens (tertiary/aromatic N) is 3. The Morgan fingerprint density at radius 1 is 0.692 bits per heavy atom. The Kier molecular flexibility index (Phi) is 4.82. The third-order valence-corrected chi connectivity index (χ3v) is 7.37. The fourth-order valence-corrected chi connectivity index (χ4v) is 5.43. The lowest BCUT2D eigenvalue weighted by atomic mass is 9.97. The molecule has 1 N–H and O–H groups in total. The lowest BCUT2D eigenvalue weighted by molar-refractivity contribution is 0.620. The van der Waals surface area contributed by atoms with Crippen molar-refractivity contribution in [2.75, 3.05) is 0 Å². The monoisotopic (exact) mass is 502 g/mol. The van der Waals surface area contributed by atoms with Gasteiger partial charge in [-0.25, -0.2) is 15.0 Å². The number of oxazole rings is 1. The van der Waals surface area contributed by atoms with Crippen molar-refractivity contribution in [3.63, 3.8) is 0 Å². The third-order valence-electron chi connectivity index (χ3n) is 7.37. The smallest absolute Gasteiger partial charge is 0.227 e. The lowest BCUT2D eigenvalue weighted by Gasteiger charge is -2.24. The van der Waals surface area contributed by atoms with E-state index in [1.165, 1.54) is 5.57 Å². The molecule has 3 heterocycles. The maximum Gasteiger partial charge on any atom is 0.227 e. The zero-order valence-electron chi connectivity index (χ0n) is 20.9. The topological polar surface area (TPSA) is 63.3 Å². The van der Waals surface area contributed by atoms with Gasteiger partial charge in [0.2, 0.25) is 5.89 Å². The van der Waals surface area contributed by atoms with Crippen LogP contribution in [0.1, 0.15) is 5.56 Å². The molecule has 6 aromatic rings. The summed E-state index contributed by atoms with van der Waals surface area (Å²) in [5.41, 5.74) is 7.65. The number of fused-ring (bicyclic) bond motifs is 6. The third kappa shape index (κ3) is 3.59. The van der Waals surface area contributed by atoms with Gasteiger partial charge in [0, 0.05) is 39.0 Å². The van der Waals surface area contributed by atoms with Crippen molar-refractivity contribution in [1.29, 1.82) is 0 Å². The number of aromatic nitrogens is 2. The molecule has 4 aromatic carbocycles. The number of hydrogen-bond donors (Lipinski definition) is 1. The standard InChI is InChI=1S/C34H22N4O/c1-2-8-23(9-3-1)34-38-32-29(39-34)19-18-26-30(32)25-11-5-7-13-28(25)36-31(26)21-14-16-22(17-15-21)33-35-20-24-10-4-6-12-27(24)37-33/h1-20,27H,(H,35,37). The van der Waals surface area contributed by atoms with E-state index in [2.05, 4.69) is 71.0 Å². The number of nitrogens with one attached hydrogen (secondary N) is 1. The minimum absolute atomic E-state index is 0.152. The predicted octanol–water partition coefficient (Wildman–Crippen LogP) is 7.59. The van der Waals surface area contributed by atoms with Crippen molar-refractivity contribution < 1.29 is 4.42 Å². The highest BCUT2D eigenvalue weighted by Gasteiger charge is 2.20. The van der Waals surface area contributed by atoms with E-state index in [4.69, 9.17) is 14.4 Å². The molecule has 0 saturated heterocycles. The van der Waals surface area contributed by atoms with Crippen LogP contribution >= 0.6 is 0 Å². The van der Waals surface area contributed by atoms with Crippen LogP contribution in [0.25, 0.3) is 55.5 Å². The van der Waals surface area contributed by atoms with E-state index in [1.807, 2.05) is 60.8 Å². The number of allylic oxidation sites excluding steroid dienone is 2. The fraction of sp³-hybridized carbons (Fsp3) is 0.0294. The number of rotatable bonds is 3. The van der Waals surface area contributed by atoms with Gasteiger partial charge in [0.1, 0.15) is 11.4 Å². The number of benzene rings is 4. The highest BCUT2D eigenvalue weighted by molar-refractivity contribution is 6.20. The summed E-state index contributed by atoms with van der Waals surface area (Å²) in [6, 6.07) is 31.0. The van der Waals surface area contributed by atoms with Crippen LogP contribution in [-0.2, 0) is 0 Å². The molecule has 2 aromatic heterocycles. The minimum Gasteiger partial charge on any atom is -0.436 e. The van der Waals surface area contributed by atoms with Crippen LogP contribution in [0.4, 0.5) is 0 Å². The van der Waals surface area contributed by atoms with Crippen molar-refractivity contribution >= 4 is 38.6 Å². The highest BCUT2D eigenvalue weighted by atomic mass is 16.3. The molecule has 0 spiro atoms. The van der Waals surface area contributed by atoms with Crippen LogP contribution in [0.5, 0.6) is 0 Å². The predicted molar refractivity (Wildman–Crippen MR) is 158 cm³/mol. The summed E-state index contributed by atoms with van der Waals surface area (Å²) in [5, 5.41) is 6.68. The SMILES string of the molecule is C1=CC2=CN=C(c3ccc(-c4nc5ccccc5c5c4ccc4oc(-c6ccccc6)nc45)cc3)NC2C=C1. The Labute approximate surface area is 224 Å². The second kappa shape index (κ2) is 8.64.